The maximum atomic E-state index is 12.6. The number of imide groups is 1. The minimum absolute atomic E-state index is 0.145. The molecule has 6 rings (SSSR count). The van der Waals surface area contributed by atoms with Gasteiger partial charge in [-0.3, -0.25) is 19.7 Å². The first kappa shape index (κ1) is 24.5. The summed E-state index contributed by atoms with van der Waals surface area (Å²) in [6, 6.07) is 14.8. The second-order valence-electron chi connectivity index (χ2n) is 10.1. The van der Waals surface area contributed by atoms with Crippen LogP contribution < -0.4 is 15.4 Å². The molecule has 1 atom stereocenters. The van der Waals surface area contributed by atoms with Crippen molar-refractivity contribution >= 4 is 17.7 Å². The summed E-state index contributed by atoms with van der Waals surface area (Å²) in [5.74, 6) is 0.00181. The highest BCUT2D eigenvalue weighted by Gasteiger charge is 2.39. The number of benzene rings is 2. The van der Waals surface area contributed by atoms with Crippen LogP contribution in [-0.2, 0) is 21.7 Å². The maximum absolute atomic E-state index is 12.6. The molecule has 3 aliphatic heterocycles. The van der Waals surface area contributed by atoms with Gasteiger partial charge in [0, 0.05) is 31.6 Å². The Bertz CT molecular complexity index is 1130. The molecule has 1 unspecified atom stereocenters. The Balaban J connectivity index is 0.000000202. The van der Waals surface area contributed by atoms with Gasteiger partial charge in [0.05, 0.1) is 6.10 Å². The summed E-state index contributed by atoms with van der Waals surface area (Å²) < 4.78 is 6.08. The third-order valence-corrected chi connectivity index (χ3v) is 7.50. The number of β-amino-alcohol motifs (C(OH)–C–C–N with tert-alkyl or cyclic N) is 1. The fourth-order valence-corrected chi connectivity index (χ4v) is 5.31. The number of rotatable bonds is 4. The number of fused-ring (bicyclic) bond motifs is 1. The Labute approximate surface area is 211 Å². The van der Waals surface area contributed by atoms with Gasteiger partial charge < -0.3 is 20.1 Å². The third-order valence-electron chi connectivity index (χ3n) is 7.50. The van der Waals surface area contributed by atoms with Crippen molar-refractivity contribution in [2.45, 2.75) is 69.2 Å². The number of ether oxygens (including phenoxy) is 1. The fourth-order valence-electron chi connectivity index (χ4n) is 5.31. The van der Waals surface area contributed by atoms with Gasteiger partial charge in [-0.15, -0.1) is 0 Å². The van der Waals surface area contributed by atoms with E-state index in [2.05, 4.69) is 10.6 Å². The lowest BCUT2D eigenvalue weighted by Crippen LogP contribution is -2.56. The van der Waals surface area contributed by atoms with Crippen LogP contribution >= 0.6 is 0 Å². The lowest BCUT2D eigenvalue weighted by Gasteiger charge is -2.37. The topological polar surface area (TPSA) is 108 Å². The van der Waals surface area contributed by atoms with Gasteiger partial charge in [-0.2, -0.15) is 0 Å². The summed E-state index contributed by atoms with van der Waals surface area (Å²) in [6.45, 7) is 1.75. The summed E-state index contributed by atoms with van der Waals surface area (Å²) in [5, 5.41) is 15.2. The van der Waals surface area contributed by atoms with Gasteiger partial charge in [0.1, 0.15) is 17.4 Å². The van der Waals surface area contributed by atoms with Gasteiger partial charge in [0.15, 0.2) is 0 Å². The Morgan fingerprint density at radius 3 is 2.36 bits per heavy atom. The number of carbonyl (C=O) groups excluding carboxylic acids is 3. The van der Waals surface area contributed by atoms with E-state index in [9.17, 15) is 19.5 Å². The number of nitrogens with zero attached hydrogens (tertiary/aromatic N) is 1. The quantitative estimate of drug-likeness (QED) is 0.568. The molecule has 190 valence electrons. The van der Waals surface area contributed by atoms with Crippen LogP contribution in [0.15, 0.2) is 48.5 Å². The highest BCUT2D eigenvalue weighted by Crippen LogP contribution is 2.31. The van der Waals surface area contributed by atoms with Crippen molar-refractivity contribution in [2.75, 3.05) is 13.1 Å². The monoisotopic (exact) mass is 491 g/mol. The summed E-state index contributed by atoms with van der Waals surface area (Å²) in [6.07, 6.45) is 6.77. The van der Waals surface area contributed by atoms with E-state index in [4.69, 9.17) is 4.74 Å². The summed E-state index contributed by atoms with van der Waals surface area (Å²) in [7, 11) is 0. The lowest BCUT2D eigenvalue weighted by atomic mass is 9.88. The standard InChI is InChI=1S/C19H22N2O4.C9H11NO/c22-17-9-8-16(18(23)20-17)21-11-12-10-14(6-7-15(12)19(21)24)25-13-4-2-1-3-5-13;11-9(6-10-7-9)8-4-2-1-3-5-8/h6-7,10,13,16H,1-5,8-9,11H2,(H,20,22,23);1-5,10-11H,6-7H2. The molecule has 8 nitrogen and oxygen atoms in total. The molecule has 3 heterocycles. The Kier molecular flexibility index (Phi) is 7.07. The molecule has 0 bridgehead atoms. The van der Waals surface area contributed by atoms with Crippen molar-refractivity contribution in [2.24, 2.45) is 0 Å². The molecule has 0 spiro atoms. The van der Waals surface area contributed by atoms with Crippen LogP contribution in [0.2, 0.25) is 0 Å². The van der Waals surface area contributed by atoms with Crippen LogP contribution in [-0.4, -0.2) is 53.0 Å². The van der Waals surface area contributed by atoms with Gasteiger partial charge >= 0.3 is 0 Å². The molecule has 2 saturated heterocycles. The van der Waals surface area contributed by atoms with Crippen molar-refractivity contribution < 1.29 is 24.2 Å². The summed E-state index contributed by atoms with van der Waals surface area (Å²) in [5.41, 5.74) is 1.93. The fraction of sp³-hybridized carbons (Fsp3) is 0.464. The van der Waals surface area contributed by atoms with E-state index in [1.807, 2.05) is 42.5 Å². The van der Waals surface area contributed by atoms with Crippen molar-refractivity contribution in [1.29, 1.82) is 0 Å². The van der Waals surface area contributed by atoms with Gasteiger partial charge in [0.25, 0.3) is 5.91 Å². The second-order valence-corrected chi connectivity index (χ2v) is 10.1. The molecule has 2 aromatic rings. The van der Waals surface area contributed by atoms with E-state index in [-0.39, 0.29) is 30.2 Å². The molecule has 2 aromatic carbocycles. The molecule has 0 aromatic heterocycles. The molecule has 1 aliphatic carbocycles. The minimum Gasteiger partial charge on any atom is -0.490 e. The minimum atomic E-state index is -0.596. The molecular formula is C28H33N3O5. The molecule has 36 heavy (non-hydrogen) atoms. The predicted molar refractivity (Wildman–Crippen MR) is 133 cm³/mol. The molecule has 1 saturated carbocycles. The molecule has 8 heteroatoms. The lowest BCUT2D eigenvalue weighted by molar-refractivity contribution is -0.136. The van der Waals surface area contributed by atoms with E-state index in [0.29, 0.717) is 31.6 Å². The average molecular weight is 492 g/mol. The van der Waals surface area contributed by atoms with Gasteiger partial charge in [-0.05, 0) is 61.4 Å². The number of hydrogen-bond acceptors (Lipinski definition) is 6. The highest BCUT2D eigenvalue weighted by atomic mass is 16.5. The average Bonchev–Trinajstić information content (AvgIpc) is 3.19. The smallest absolute Gasteiger partial charge is 0.255 e. The zero-order valence-electron chi connectivity index (χ0n) is 20.4. The first-order chi connectivity index (χ1) is 17.4. The van der Waals surface area contributed by atoms with E-state index in [0.717, 1.165) is 29.7 Å². The number of nitrogens with one attached hydrogen (secondary N) is 2. The van der Waals surface area contributed by atoms with E-state index < -0.39 is 11.6 Å². The van der Waals surface area contributed by atoms with Crippen LogP contribution in [0, 0.1) is 0 Å². The van der Waals surface area contributed by atoms with E-state index >= 15 is 0 Å². The predicted octanol–water partition coefficient (Wildman–Crippen LogP) is 2.64. The zero-order valence-corrected chi connectivity index (χ0v) is 20.4. The van der Waals surface area contributed by atoms with Gasteiger partial charge in [-0.25, -0.2) is 0 Å². The number of amides is 3. The first-order valence-corrected chi connectivity index (χ1v) is 12.9. The number of aliphatic hydroxyl groups is 1. The molecule has 4 aliphatic rings. The summed E-state index contributed by atoms with van der Waals surface area (Å²) in [4.78, 5) is 37.6. The van der Waals surface area contributed by atoms with Crippen molar-refractivity contribution in [3.63, 3.8) is 0 Å². The Morgan fingerprint density at radius 1 is 0.944 bits per heavy atom. The third kappa shape index (κ3) is 5.15. The number of carbonyl (C=O) groups is 3. The van der Waals surface area contributed by atoms with Crippen molar-refractivity contribution in [3.8, 4) is 5.75 Å². The Hall–Kier alpha value is -3.23. The van der Waals surface area contributed by atoms with Gasteiger partial charge in [0.2, 0.25) is 11.8 Å². The van der Waals surface area contributed by atoms with Gasteiger partial charge in [-0.1, -0.05) is 36.8 Å². The van der Waals surface area contributed by atoms with Crippen LogP contribution in [0.4, 0.5) is 0 Å². The van der Waals surface area contributed by atoms with Crippen LogP contribution in [0.5, 0.6) is 5.75 Å². The van der Waals surface area contributed by atoms with E-state index in [1.165, 1.54) is 19.3 Å². The largest absolute Gasteiger partial charge is 0.490 e. The number of hydrogen-bond donors (Lipinski definition) is 3. The van der Waals surface area contributed by atoms with Crippen LogP contribution in [0.25, 0.3) is 0 Å². The highest BCUT2D eigenvalue weighted by molar-refractivity contribution is 6.05. The first-order valence-electron chi connectivity index (χ1n) is 12.9. The van der Waals surface area contributed by atoms with Crippen molar-refractivity contribution in [3.05, 3.63) is 65.2 Å². The summed E-state index contributed by atoms with van der Waals surface area (Å²) >= 11 is 0. The van der Waals surface area contributed by atoms with Crippen molar-refractivity contribution in [1.82, 2.24) is 15.5 Å². The Morgan fingerprint density at radius 2 is 1.69 bits per heavy atom. The van der Waals surface area contributed by atoms with Crippen LogP contribution in [0.3, 0.4) is 0 Å². The molecule has 3 fully saturated rings. The second kappa shape index (κ2) is 10.4. The normalized spacial score (nSPS) is 23.2. The molecule has 3 amide bonds. The molecule has 0 radical (unpaired) electrons. The van der Waals surface area contributed by atoms with E-state index in [1.54, 1.807) is 11.0 Å². The molecule has 3 N–H and O–H groups in total. The zero-order chi connectivity index (χ0) is 25.1. The van der Waals surface area contributed by atoms with Crippen LogP contribution in [0.1, 0.15) is 66.4 Å². The molecular weight excluding hydrogens is 458 g/mol. The number of piperidine rings is 1. The maximum Gasteiger partial charge on any atom is 0.255 e. The SMILES string of the molecule is O=C1CCC(N2Cc3cc(OC4CCCCC4)ccc3C2=O)C(=O)N1.OC1(c2ccccc2)CNC1.